The van der Waals surface area contributed by atoms with Crippen LogP contribution in [0.1, 0.15) is 19.4 Å². The minimum atomic E-state index is -4.02. The SMILES string of the molecule is COc1cc(C)c(Br)cc1S(=O)(=O)NC(C(=O)O)C(C)C. The average Bonchev–Trinajstić information content (AvgIpc) is 2.37. The second-order valence-electron chi connectivity index (χ2n) is 4.93. The first kappa shape index (κ1) is 17.9. The molecule has 0 aliphatic heterocycles. The van der Waals surface area contributed by atoms with Gasteiger partial charge in [-0.25, -0.2) is 8.42 Å². The molecule has 0 radical (unpaired) electrons. The summed E-state index contributed by atoms with van der Waals surface area (Å²) in [5, 5.41) is 9.11. The molecule has 1 rings (SSSR count). The Hall–Kier alpha value is -1.12. The van der Waals surface area contributed by atoms with Gasteiger partial charge in [-0.2, -0.15) is 4.72 Å². The molecule has 1 aromatic rings. The molecule has 6 nitrogen and oxygen atoms in total. The van der Waals surface area contributed by atoms with E-state index in [1.54, 1.807) is 26.8 Å². The van der Waals surface area contributed by atoms with Crippen molar-refractivity contribution in [1.82, 2.24) is 4.72 Å². The fraction of sp³-hybridized carbons (Fsp3) is 0.462. The summed E-state index contributed by atoms with van der Waals surface area (Å²) in [4.78, 5) is 11.1. The molecule has 0 aromatic heterocycles. The molecule has 1 atom stereocenters. The highest BCUT2D eigenvalue weighted by Gasteiger charge is 2.30. The molecular formula is C13H18BrNO5S. The van der Waals surface area contributed by atoms with Gasteiger partial charge in [-0.3, -0.25) is 4.79 Å². The predicted octanol–water partition coefficient (Wildman–Crippen LogP) is 2.15. The molecule has 0 fully saturated rings. The Morgan fingerprint density at radius 2 is 1.95 bits per heavy atom. The first-order valence-corrected chi connectivity index (χ1v) is 8.47. The van der Waals surface area contributed by atoms with Crippen molar-refractivity contribution in [1.29, 1.82) is 0 Å². The Bertz CT molecular complexity index is 642. The van der Waals surface area contributed by atoms with Crippen LogP contribution in [0.15, 0.2) is 21.5 Å². The Morgan fingerprint density at radius 1 is 1.38 bits per heavy atom. The molecule has 0 amide bonds. The van der Waals surface area contributed by atoms with Gasteiger partial charge in [-0.15, -0.1) is 0 Å². The number of ether oxygens (including phenoxy) is 1. The minimum absolute atomic E-state index is 0.102. The third-order valence-electron chi connectivity index (χ3n) is 2.95. The number of rotatable bonds is 6. The van der Waals surface area contributed by atoms with Crippen molar-refractivity contribution < 1.29 is 23.1 Å². The number of hydrogen-bond donors (Lipinski definition) is 2. The highest BCUT2D eigenvalue weighted by atomic mass is 79.9. The smallest absolute Gasteiger partial charge is 0.322 e. The summed E-state index contributed by atoms with van der Waals surface area (Å²) in [6.07, 6.45) is 0. The van der Waals surface area contributed by atoms with Crippen LogP contribution in [0.2, 0.25) is 0 Å². The average molecular weight is 380 g/mol. The molecule has 1 unspecified atom stereocenters. The van der Waals surface area contributed by atoms with Gasteiger partial charge in [0.2, 0.25) is 10.0 Å². The highest BCUT2D eigenvalue weighted by molar-refractivity contribution is 9.10. The number of sulfonamides is 1. The summed E-state index contributed by atoms with van der Waals surface area (Å²) in [5.74, 6) is -1.45. The monoisotopic (exact) mass is 379 g/mol. The minimum Gasteiger partial charge on any atom is -0.495 e. The van der Waals surface area contributed by atoms with E-state index in [2.05, 4.69) is 20.7 Å². The van der Waals surface area contributed by atoms with Crippen molar-refractivity contribution in [3.05, 3.63) is 22.2 Å². The number of carboxylic acid groups (broad SMARTS) is 1. The van der Waals surface area contributed by atoms with Crippen molar-refractivity contribution in [3.63, 3.8) is 0 Å². The zero-order valence-electron chi connectivity index (χ0n) is 12.2. The van der Waals surface area contributed by atoms with E-state index in [1.807, 2.05) is 0 Å². The molecule has 2 N–H and O–H groups in total. The first-order valence-electron chi connectivity index (χ1n) is 6.19. The van der Waals surface area contributed by atoms with Gasteiger partial charge in [-0.1, -0.05) is 29.8 Å². The Kier molecular flexibility index (Phi) is 5.77. The number of carboxylic acids is 1. The van der Waals surface area contributed by atoms with Crippen molar-refractivity contribution in [3.8, 4) is 5.75 Å². The Labute approximate surface area is 132 Å². The molecular weight excluding hydrogens is 362 g/mol. The summed E-state index contributed by atoms with van der Waals surface area (Å²) in [7, 11) is -2.66. The molecule has 0 heterocycles. The maximum Gasteiger partial charge on any atom is 0.322 e. The largest absolute Gasteiger partial charge is 0.495 e. The molecule has 0 spiro atoms. The van der Waals surface area contributed by atoms with Crippen LogP contribution in [-0.2, 0) is 14.8 Å². The van der Waals surface area contributed by atoms with E-state index in [-0.39, 0.29) is 10.6 Å². The zero-order valence-corrected chi connectivity index (χ0v) is 14.6. The third-order valence-corrected chi connectivity index (χ3v) is 5.27. The van der Waals surface area contributed by atoms with E-state index in [4.69, 9.17) is 9.84 Å². The van der Waals surface area contributed by atoms with Crippen LogP contribution in [0.4, 0.5) is 0 Å². The molecule has 1 aromatic carbocycles. The van der Waals surface area contributed by atoms with Crippen molar-refractivity contribution in [2.24, 2.45) is 5.92 Å². The number of carbonyl (C=O) groups is 1. The quantitative estimate of drug-likeness (QED) is 0.789. The molecule has 0 saturated heterocycles. The van der Waals surface area contributed by atoms with Crippen LogP contribution in [0.25, 0.3) is 0 Å². The van der Waals surface area contributed by atoms with Gasteiger partial charge >= 0.3 is 5.97 Å². The summed E-state index contributed by atoms with van der Waals surface area (Å²) in [5.41, 5.74) is 0.810. The number of benzene rings is 1. The lowest BCUT2D eigenvalue weighted by Crippen LogP contribution is -2.44. The van der Waals surface area contributed by atoms with Gasteiger partial charge < -0.3 is 9.84 Å². The number of nitrogens with one attached hydrogen (secondary N) is 1. The van der Waals surface area contributed by atoms with Crippen molar-refractivity contribution in [2.75, 3.05) is 7.11 Å². The van der Waals surface area contributed by atoms with Crippen LogP contribution in [0.3, 0.4) is 0 Å². The lowest BCUT2D eigenvalue weighted by atomic mass is 10.1. The number of methoxy groups -OCH3 is 1. The second kappa shape index (κ2) is 6.76. The lowest BCUT2D eigenvalue weighted by Gasteiger charge is -2.19. The third kappa shape index (κ3) is 4.18. The van der Waals surface area contributed by atoms with Gasteiger partial charge in [0.15, 0.2) is 0 Å². The topological polar surface area (TPSA) is 92.7 Å². The first-order chi connectivity index (χ1) is 9.60. The molecule has 0 bridgehead atoms. The summed E-state index contributed by atoms with van der Waals surface area (Å²) in [6.45, 7) is 5.05. The molecule has 8 heteroatoms. The van der Waals surface area contributed by atoms with Crippen LogP contribution >= 0.6 is 15.9 Å². The molecule has 0 aliphatic carbocycles. The van der Waals surface area contributed by atoms with E-state index < -0.39 is 28.0 Å². The van der Waals surface area contributed by atoms with E-state index in [0.717, 1.165) is 5.56 Å². The van der Waals surface area contributed by atoms with Gasteiger partial charge in [0.05, 0.1) is 7.11 Å². The number of aliphatic carboxylic acids is 1. The standard InChI is InChI=1S/C13H18BrNO5S/c1-7(2)12(13(16)17)15-21(18,19)11-6-9(14)8(3)5-10(11)20-4/h5-7,12,15H,1-4H3,(H,16,17). The normalized spacial score (nSPS) is 13.2. The van der Waals surface area contributed by atoms with E-state index in [1.165, 1.54) is 13.2 Å². The van der Waals surface area contributed by atoms with E-state index in [9.17, 15) is 13.2 Å². The summed E-state index contributed by atoms with van der Waals surface area (Å²) in [6, 6.07) is 1.76. The molecule has 118 valence electrons. The fourth-order valence-corrected chi connectivity index (χ4v) is 3.72. The van der Waals surface area contributed by atoms with Crippen LogP contribution in [-0.4, -0.2) is 32.6 Å². The van der Waals surface area contributed by atoms with Crippen LogP contribution in [0, 0.1) is 12.8 Å². The highest BCUT2D eigenvalue weighted by Crippen LogP contribution is 2.30. The van der Waals surface area contributed by atoms with E-state index >= 15 is 0 Å². The maximum atomic E-state index is 12.4. The maximum absolute atomic E-state index is 12.4. The Morgan fingerprint density at radius 3 is 2.38 bits per heavy atom. The van der Waals surface area contributed by atoms with Crippen molar-refractivity contribution >= 4 is 31.9 Å². The van der Waals surface area contributed by atoms with Crippen molar-refractivity contribution in [2.45, 2.75) is 31.7 Å². The second-order valence-corrected chi connectivity index (χ2v) is 7.47. The molecule has 0 saturated carbocycles. The molecule has 0 aliphatic rings. The van der Waals surface area contributed by atoms with Crippen LogP contribution < -0.4 is 9.46 Å². The summed E-state index contributed by atoms with van der Waals surface area (Å²) < 4.78 is 32.7. The fourth-order valence-electron chi connectivity index (χ4n) is 1.71. The zero-order chi connectivity index (χ0) is 16.4. The summed E-state index contributed by atoms with van der Waals surface area (Å²) >= 11 is 3.26. The van der Waals surface area contributed by atoms with Gasteiger partial charge in [0.1, 0.15) is 16.7 Å². The van der Waals surface area contributed by atoms with Crippen LogP contribution in [0.5, 0.6) is 5.75 Å². The molecule has 21 heavy (non-hydrogen) atoms. The van der Waals surface area contributed by atoms with E-state index in [0.29, 0.717) is 4.47 Å². The van der Waals surface area contributed by atoms with Gasteiger partial charge in [-0.05, 0) is 30.5 Å². The Balaban J connectivity index is 3.31. The number of aryl methyl sites for hydroxylation is 1. The lowest BCUT2D eigenvalue weighted by molar-refractivity contribution is -0.140. The number of hydrogen-bond acceptors (Lipinski definition) is 4. The van der Waals surface area contributed by atoms with Gasteiger partial charge in [0.25, 0.3) is 0 Å². The number of halogens is 1. The predicted molar refractivity (Wildman–Crippen MR) is 82.0 cm³/mol. The van der Waals surface area contributed by atoms with Gasteiger partial charge in [0, 0.05) is 4.47 Å².